The number of hydrogen-bond acceptors (Lipinski definition) is 3. The van der Waals surface area contributed by atoms with Crippen LogP contribution >= 0.6 is 0 Å². The van der Waals surface area contributed by atoms with Gasteiger partial charge in [0.2, 0.25) is 0 Å². The first-order chi connectivity index (χ1) is 8.22. The van der Waals surface area contributed by atoms with Crippen LogP contribution in [0.3, 0.4) is 0 Å². The van der Waals surface area contributed by atoms with E-state index in [1.165, 1.54) is 6.33 Å². The number of aromatic nitrogens is 3. The Kier molecular flexibility index (Phi) is 3.37. The standard InChI is InChI=1S/C12H14FN3O/c1-3-16-11(14-8-15-16)7-17-10-6-4-5-9(2)12(10)13/h4-6,8H,3,7H2,1-2H3. The second-order valence-corrected chi connectivity index (χ2v) is 3.67. The Morgan fingerprint density at radius 2 is 2.24 bits per heavy atom. The van der Waals surface area contributed by atoms with Crippen LogP contribution in [-0.4, -0.2) is 14.8 Å². The average molecular weight is 235 g/mol. The van der Waals surface area contributed by atoms with Gasteiger partial charge in [-0.2, -0.15) is 5.10 Å². The Balaban J connectivity index is 2.10. The summed E-state index contributed by atoms with van der Waals surface area (Å²) in [7, 11) is 0. The third kappa shape index (κ3) is 2.43. The molecule has 0 N–H and O–H groups in total. The Morgan fingerprint density at radius 1 is 1.41 bits per heavy atom. The van der Waals surface area contributed by atoms with Crippen LogP contribution in [0.1, 0.15) is 18.3 Å². The van der Waals surface area contributed by atoms with E-state index >= 15 is 0 Å². The number of ether oxygens (including phenoxy) is 1. The van der Waals surface area contributed by atoms with Crippen molar-refractivity contribution < 1.29 is 9.13 Å². The smallest absolute Gasteiger partial charge is 0.167 e. The lowest BCUT2D eigenvalue weighted by Crippen LogP contribution is -2.08. The Labute approximate surface area is 99.1 Å². The molecule has 1 aromatic carbocycles. The minimum atomic E-state index is -0.324. The molecule has 2 aromatic rings. The summed E-state index contributed by atoms with van der Waals surface area (Å²) in [4.78, 5) is 4.06. The molecule has 0 fully saturated rings. The van der Waals surface area contributed by atoms with Crippen molar-refractivity contribution in [3.8, 4) is 5.75 Å². The predicted molar refractivity (Wildman–Crippen MR) is 61.2 cm³/mol. The molecule has 5 heteroatoms. The number of benzene rings is 1. The molecule has 0 radical (unpaired) electrons. The van der Waals surface area contributed by atoms with E-state index in [-0.39, 0.29) is 18.2 Å². The first-order valence-electron chi connectivity index (χ1n) is 5.47. The van der Waals surface area contributed by atoms with Crippen LogP contribution in [0.5, 0.6) is 5.75 Å². The quantitative estimate of drug-likeness (QED) is 0.816. The number of nitrogens with zero attached hydrogens (tertiary/aromatic N) is 3. The van der Waals surface area contributed by atoms with Gasteiger partial charge in [0.25, 0.3) is 0 Å². The number of halogens is 1. The van der Waals surface area contributed by atoms with E-state index in [2.05, 4.69) is 10.1 Å². The van der Waals surface area contributed by atoms with Crippen LogP contribution in [0.2, 0.25) is 0 Å². The van der Waals surface area contributed by atoms with E-state index < -0.39 is 0 Å². The highest BCUT2D eigenvalue weighted by Gasteiger charge is 2.08. The van der Waals surface area contributed by atoms with Crippen molar-refractivity contribution in [2.75, 3.05) is 0 Å². The summed E-state index contributed by atoms with van der Waals surface area (Å²) in [5.41, 5.74) is 0.569. The molecule has 0 aliphatic carbocycles. The zero-order valence-electron chi connectivity index (χ0n) is 9.85. The summed E-state index contributed by atoms with van der Waals surface area (Å²) in [6.45, 7) is 4.60. The molecule has 0 bridgehead atoms. The lowest BCUT2D eigenvalue weighted by Gasteiger charge is -2.08. The molecule has 90 valence electrons. The van der Waals surface area contributed by atoms with Crippen molar-refractivity contribution in [1.29, 1.82) is 0 Å². The molecule has 0 saturated heterocycles. The van der Waals surface area contributed by atoms with Gasteiger partial charge < -0.3 is 4.74 Å². The maximum absolute atomic E-state index is 13.6. The molecule has 0 spiro atoms. The molecular formula is C12H14FN3O. The third-order valence-corrected chi connectivity index (χ3v) is 2.51. The number of rotatable bonds is 4. The third-order valence-electron chi connectivity index (χ3n) is 2.51. The largest absolute Gasteiger partial charge is 0.483 e. The van der Waals surface area contributed by atoms with Gasteiger partial charge >= 0.3 is 0 Å². The van der Waals surface area contributed by atoms with Gasteiger partial charge in [-0.3, -0.25) is 0 Å². The fourth-order valence-corrected chi connectivity index (χ4v) is 1.54. The molecule has 17 heavy (non-hydrogen) atoms. The Hall–Kier alpha value is -1.91. The van der Waals surface area contributed by atoms with Crippen molar-refractivity contribution in [2.24, 2.45) is 0 Å². The van der Waals surface area contributed by atoms with E-state index in [9.17, 15) is 4.39 Å². The molecule has 4 nitrogen and oxygen atoms in total. The number of hydrogen-bond donors (Lipinski definition) is 0. The van der Waals surface area contributed by atoms with Crippen LogP contribution in [0.25, 0.3) is 0 Å². The van der Waals surface area contributed by atoms with Crippen molar-refractivity contribution in [3.05, 3.63) is 41.7 Å². The molecule has 1 aromatic heterocycles. The first-order valence-corrected chi connectivity index (χ1v) is 5.47. The summed E-state index contributed by atoms with van der Waals surface area (Å²) in [5.74, 6) is 0.610. The highest BCUT2D eigenvalue weighted by atomic mass is 19.1. The molecule has 0 amide bonds. The van der Waals surface area contributed by atoms with Gasteiger partial charge in [-0.1, -0.05) is 12.1 Å². The van der Waals surface area contributed by atoms with E-state index in [0.29, 0.717) is 11.4 Å². The molecule has 0 saturated carbocycles. The van der Waals surface area contributed by atoms with Gasteiger partial charge in [-0.15, -0.1) is 0 Å². The monoisotopic (exact) mass is 235 g/mol. The molecule has 2 rings (SSSR count). The minimum absolute atomic E-state index is 0.216. The van der Waals surface area contributed by atoms with Gasteiger partial charge in [-0.05, 0) is 25.5 Å². The van der Waals surface area contributed by atoms with Gasteiger partial charge in [0.1, 0.15) is 12.9 Å². The predicted octanol–water partition coefficient (Wildman–Crippen LogP) is 2.32. The van der Waals surface area contributed by atoms with E-state index in [4.69, 9.17) is 4.74 Å². The van der Waals surface area contributed by atoms with E-state index in [1.54, 1.807) is 29.8 Å². The summed E-state index contributed by atoms with van der Waals surface area (Å²) in [5, 5.41) is 4.02. The fraction of sp³-hybridized carbons (Fsp3) is 0.333. The van der Waals surface area contributed by atoms with E-state index in [0.717, 1.165) is 6.54 Å². The summed E-state index contributed by atoms with van der Waals surface area (Å²) < 4.78 is 20.8. The molecule has 0 aliphatic rings. The first kappa shape index (κ1) is 11.6. The van der Waals surface area contributed by atoms with Gasteiger partial charge in [0.15, 0.2) is 17.4 Å². The molecule has 0 atom stereocenters. The zero-order chi connectivity index (χ0) is 12.3. The van der Waals surface area contributed by atoms with Gasteiger partial charge in [0, 0.05) is 6.54 Å². The topological polar surface area (TPSA) is 39.9 Å². The van der Waals surface area contributed by atoms with Gasteiger partial charge in [0.05, 0.1) is 0 Å². The molecule has 1 heterocycles. The summed E-state index contributed by atoms with van der Waals surface area (Å²) in [6.07, 6.45) is 1.47. The lowest BCUT2D eigenvalue weighted by atomic mass is 10.2. The normalized spacial score (nSPS) is 10.5. The van der Waals surface area contributed by atoms with Crippen molar-refractivity contribution in [3.63, 3.8) is 0 Å². The van der Waals surface area contributed by atoms with Crippen LogP contribution in [0, 0.1) is 12.7 Å². The van der Waals surface area contributed by atoms with Crippen LogP contribution in [0.15, 0.2) is 24.5 Å². The average Bonchev–Trinajstić information content (AvgIpc) is 2.78. The maximum atomic E-state index is 13.6. The van der Waals surface area contributed by atoms with Gasteiger partial charge in [-0.25, -0.2) is 14.1 Å². The summed E-state index contributed by atoms with van der Waals surface area (Å²) in [6, 6.07) is 5.07. The fourth-order valence-electron chi connectivity index (χ4n) is 1.54. The Bertz CT molecular complexity index is 510. The van der Waals surface area contributed by atoms with Crippen LogP contribution < -0.4 is 4.74 Å². The maximum Gasteiger partial charge on any atom is 0.167 e. The second-order valence-electron chi connectivity index (χ2n) is 3.67. The molecule has 0 unspecified atom stereocenters. The molecular weight excluding hydrogens is 221 g/mol. The van der Waals surface area contributed by atoms with Crippen molar-refractivity contribution in [1.82, 2.24) is 14.8 Å². The van der Waals surface area contributed by atoms with E-state index in [1.807, 2.05) is 6.92 Å². The van der Waals surface area contributed by atoms with Crippen molar-refractivity contribution in [2.45, 2.75) is 27.0 Å². The molecule has 0 aliphatic heterocycles. The highest BCUT2D eigenvalue weighted by molar-refractivity contribution is 5.30. The zero-order valence-corrected chi connectivity index (χ0v) is 9.85. The highest BCUT2D eigenvalue weighted by Crippen LogP contribution is 2.20. The number of aryl methyl sites for hydroxylation is 2. The Morgan fingerprint density at radius 3 is 3.00 bits per heavy atom. The SMILES string of the molecule is CCn1ncnc1COc1cccc(C)c1F. The lowest BCUT2D eigenvalue weighted by molar-refractivity contribution is 0.273. The summed E-state index contributed by atoms with van der Waals surface area (Å²) >= 11 is 0. The van der Waals surface area contributed by atoms with Crippen LogP contribution in [0.4, 0.5) is 4.39 Å². The second kappa shape index (κ2) is 4.95. The van der Waals surface area contributed by atoms with Crippen LogP contribution in [-0.2, 0) is 13.2 Å². The van der Waals surface area contributed by atoms with Crippen molar-refractivity contribution >= 4 is 0 Å². The minimum Gasteiger partial charge on any atom is -0.483 e.